The molecule has 7 nitrogen and oxygen atoms in total. The number of halogens is 1. The van der Waals surface area contributed by atoms with Crippen LogP contribution in [0.4, 0.5) is 10.8 Å². The third kappa shape index (κ3) is 4.18. The van der Waals surface area contributed by atoms with Crippen LogP contribution >= 0.6 is 22.9 Å². The smallest absolute Gasteiger partial charge is 0.267 e. The van der Waals surface area contributed by atoms with Crippen molar-refractivity contribution in [3.63, 3.8) is 0 Å². The third-order valence-electron chi connectivity index (χ3n) is 4.14. The number of fused-ring (bicyclic) bond motifs is 1. The fraction of sp³-hybridized carbons (Fsp3) is 0.150. The number of ether oxygens (including phenoxy) is 2. The fourth-order valence-corrected chi connectivity index (χ4v) is 3.86. The Morgan fingerprint density at radius 2 is 1.79 bits per heavy atom. The minimum atomic E-state index is -0.386. The lowest BCUT2D eigenvalue weighted by atomic mass is 10.2. The lowest BCUT2D eigenvalue weighted by molar-refractivity contribution is 0.102. The summed E-state index contributed by atoms with van der Waals surface area (Å²) in [5, 5.41) is 6.17. The van der Waals surface area contributed by atoms with Gasteiger partial charge in [-0.1, -0.05) is 35.1 Å². The van der Waals surface area contributed by atoms with Crippen molar-refractivity contribution >= 4 is 45.6 Å². The molecule has 2 N–H and O–H groups in total. The molecule has 0 saturated carbocycles. The standard InChI is InChI=1S/C20H16ClN3O4S/c1-11-17(19(26)23-12-6-7-15-16(10-12)28-9-8-27-15)29-20(22-11)24-18(25)13-4-2-3-5-14(13)21/h2-7,10H,8-9H2,1H3,(H,23,26)(H,22,24,25). The van der Waals surface area contributed by atoms with E-state index in [2.05, 4.69) is 15.6 Å². The van der Waals surface area contributed by atoms with E-state index in [0.717, 1.165) is 11.3 Å². The number of hydrogen-bond donors (Lipinski definition) is 2. The van der Waals surface area contributed by atoms with E-state index in [4.69, 9.17) is 21.1 Å². The monoisotopic (exact) mass is 429 g/mol. The van der Waals surface area contributed by atoms with Crippen LogP contribution in [0, 0.1) is 6.92 Å². The number of benzene rings is 2. The van der Waals surface area contributed by atoms with Gasteiger partial charge in [-0.05, 0) is 31.2 Å². The van der Waals surface area contributed by atoms with Crippen LogP contribution in [0.1, 0.15) is 25.7 Å². The number of carbonyl (C=O) groups is 2. The molecule has 3 aromatic rings. The van der Waals surface area contributed by atoms with Gasteiger partial charge in [0.1, 0.15) is 18.1 Å². The van der Waals surface area contributed by atoms with Crippen LogP contribution in [0.5, 0.6) is 11.5 Å². The molecule has 0 unspecified atom stereocenters. The zero-order chi connectivity index (χ0) is 20.4. The summed E-state index contributed by atoms with van der Waals surface area (Å²) in [5.41, 5.74) is 1.43. The van der Waals surface area contributed by atoms with Gasteiger partial charge in [0.05, 0.1) is 16.3 Å². The number of anilines is 2. The number of nitrogens with one attached hydrogen (secondary N) is 2. The molecule has 0 saturated heterocycles. The summed E-state index contributed by atoms with van der Waals surface area (Å²) in [6.07, 6.45) is 0. The number of hydrogen-bond acceptors (Lipinski definition) is 6. The molecule has 148 valence electrons. The van der Waals surface area contributed by atoms with Gasteiger partial charge >= 0.3 is 0 Å². The second-order valence-electron chi connectivity index (χ2n) is 6.18. The average molecular weight is 430 g/mol. The summed E-state index contributed by atoms with van der Waals surface area (Å²) in [6, 6.07) is 11.9. The van der Waals surface area contributed by atoms with Gasteiger partial charge in [-0.2, -0.15) is 0 Å². The van der Waals surface area contributed by atoms with Gasteiger partial charge in [-0.25, -0.2) is 4.98 Å². The number of nitrogens with zero attached hydrogens (tertiary/aromatic N) is 1. The van der Waals surface area contributed by atoms with Crippen molar-refractivity contribution < 1.29 is 19.1 Å². The van der Waals surface area contributed by atoms with Gasteiger partial charge in [0.25, 0.3) is 11.8 Å². The SMILES string of the molecule is Cc1nc(NC(=O)c2ccccc2Cl)sc1C(=O)Nc1ccc2c(c1)OCCO2. The second-order valence-corrected chi connectivity index (χ2v) is 7.59. The lowest BCUT2D eigenvalue weighted by Gasteiger charge is -2.18. The number of thiazole rings is 1. The minimum absolute atomic E-state index is 0.319. The predicted molar refractivity (Wildman–Crippen MR) is 112 cm³/mol. The molecule has 4 rings (SSSR count). The first-order chi connectivity index (χ1) is 14.0. The van der Waals surface area contributed by atoms with Gasteiger partial charge in [0.2, 0.25) is 0 Å². The van der Waals surface area contributed by atoms with Gasteiger partial charge in [0, 0.05) is 11.8 Å². The van der Waals surface area contributed by atoms with E-state index in [-0.39, 0.29) is 11.8 Å². The molecule has 29 heavy (non-hydrogen) atoms. The van der Waals surface area contributed by atoms with E-state index in [1.807, 2.05) is 0 Å². The molecule has 0 fully saturated rings. The van der Waals surface area contributed by atoms with Crippen LogP contribution < -0.4 is 20.1 Å². The minimum Gasteiger partial charge on any atom is -0.486 e. The molecule has 2 heterocycles. The lowest BCUT2D eigenvalue weighted by Crippen LogP contribution is -2.16. The van der Waals surface area contributed by atoms with Crippen molar-refractivity contribution in [2.24, 2.45) is 0 Å². The van der Waals surface area contributed by atoms with Gasteiger partial charge < -0.3 is 14.8 Å². The highest BCUT2D eigenvalue weighted by atomic mass is 35.5. The van der Waals surface area contributed by atoms with Crippen molar-refractivity contribution in [3.8, 4) is 11.5 Å². The molecule has 0 spiro atoms. The number of aryl methyl sites for hydroxylation is 1. The molecule has 0 atom stereocenters. The number of rotatable bonds is 4. The maximum Gasteiger partial charge on any atom is 0.267 e. The Labute approximate surface area is 175 Å². The Kier molecular flexibility index (Phi) is 5.37. The van der Waals surface area contributed by atoms with E-state index < -0.39 is 0 Å². The summed E-state index contributed by atoms with van der Waals surface area (Å²) in [6.45, 7) is 2.68. The largest absolute Gasteiger partial charge is 0.486 e. The molecule has 1 aliphatic heterocycles. The first-order valence-electron chi connectivity index (χ1n) is 8.75. The van der Waals surface area contributed by atoms with Crippen LogP contribution in [-0.4, -0.2) is 30.0 Å². The molecule has 1 aliphatic rings. The zero-order valence-corrected chi connectivity index (χ0v) is 16.9. The quantitative estimate of drug-likeness (QED) is 0.642. The Bertz CT molecular complexity index is 1100. The van der Waals surface area contributed by atoms with E-state index in [1.54, 1.807) is 49.4 Å². The molecule has 0 aliphatic carbocycles. The van der Waals surface area contributed by atoms with Gasteiger partial charge in [-0.15, -0.1) is 0 Å². The maximum absolute atomic E-state index is 12.7. The van der Waals surface area contributed by atoms with Gasteiger partial charge in [-0.3, -0.25) is 14.9 Å². The van der Waals surface area contributed by atoms with Crippen LogP contribution in [-0.2, 0) is 0 Å². The van der Waals surface area contributed by atoms with Crippen molar-refractivity contribution in [1.29, 1.82) is 0 Å². The Hall–Kier alpha value is -3.10. The average Bonchev–Trinajstić information content (AvgIpc) is 3.08. The molecule has 2 aromatic carbocycles. The topological polar surface area (TPSA) is 89.6 Å². The van der Waals surface area contributed by atoms with Crippen molar-refractivity contribution in [2.75, 3.05) is 23.8 Å². The summed E-state index contributed by atoms with van der Waals surface area (Å²) in [4.78, 5) is 29.8. The molecule has 2 amide bonds. The number of amides is 2. The summed E-state index contributed by atoms with van der Waals surface area (Å²) >= 11 is 7.14. The molecule has 0 radical (unpaired) electrons. The van der Waals surface area contributed by atoms with Crippen LogP contribution in [0.15, 0.2) is 42.5 Å². The highest BCUT2D eigenvalue weighted by molar-refractivity contribution is 7.17. The number of aromatic nitrogens is 1. The van der Waals surface area contributed by atoms with E-state index in [9.17, 15) is 9.59 Å². The van der Waals surface area contributed by atoms with Crippen LogP contribution in [0.3, 0.4) is 0 Å². The highest BCUT2D eigenvalue weighted by Gasteiger charge is 2.19. The predicted octanol–water partition coefficient (Wildman–Crippen LogP) is 4.38. The molecule has 1 aromatic heterocycles. The Morgan fingerprint density at radius 1 is 1.03 bits per heavy atom. The number of carbonyl (C=O) groups excluding carboxylic acids is 2. The second kappa shape index (κ2) is 8.10. The van der Waals surface area contributed by atoms with Crippen molar-refractivity contribution in [2.45, 2.75) is 6.92 Å². The molecular formula is C20H16ClN3O4S. The van der Waals surface area contributed by atoms with E-state index in [1.165, 1.54) is 0 Å². The normalized spacial score (nSPS) is 12.3. The van der Waals surface area contributed by atoms with Crippen molar-refractivity contribution in [3.05, 3.63) is 63.6 Å². The Morgan fingerprint density at radius 3 is 2.59 bits per heavy atom. The van der Waals surface area contributed by atoms with E-state index in [0.29, 0.717) is 56.7 Å². The summed E-state index contributed by atoms with van der Waals surface area (Å²) in [7, 11) is 0. The maximum atomic E-state index is 12.7. The first-order valence-corrected chi connectivity index (χ1v) is 9.95. The van der Waals surface area contributed by atoms with Crippen LogP contribution in [0.25, 0.3) is 0 Å². The summed E-state index contributed by atoms with van der Waals surface area (Å²) in [5.74, 6) is 0.522. The Balaban J connectivity index is 1.48. The summed E-state index contributed by atoms with van der Waals surface area (Å²) < 4.78 is 11.0. The van der Waals surface area contributed by atoms with E-state index >= 15 is 0 Å². The first kappa shape index (κ1) is 19.2. The van der Waals surface area contributed by atoms with Crippen LogP contribution in [0.2, 0.25) is 5.02 Å². The third-order valence-corrected chi connectivity index (χ3v) is 5.54. The molecule has 9 heteroatoms. The molecule has 0 bridgehead atoms. The highest BCUT2D eigenvalue weighted by Crippen LogP contribution is 2.33. The van der Waals surface area contributed by atoms with Gasteiger partial charge in [0.15, 0.2) is 16.6 Å². The zero-order valence-electron chi connectivity index (χ0n) is 15.3. The molecular weight excluding hydrogens is 414 g/mol. The fourth-order valence-electron chi connectivity index (χ4n) is 2.78. The van der Waals surface area contributed by atoms with Crippen molar-refractivity contribution in [1.82, 2.24) is 4.98 Å².